The maximum absolute atomic E-state index is 12.5. The van der Waals surface area contributed by atoms with Crippen LogP contribution in [0.3, 0.4) is 0 Å². The van der Waals surface area contributed by atoms with Crippen molar-refractivity contribution in [1.82, 2.24) is 0 Å². The van der Waals surface area contributed by atoms with Gasteiger partial charge in [0, 0.05) is 17.1 Å². The molecular formula is C16H15BrO3. The average Bonchev–Trinajstić information content (AvgIpc) is 2.48. The lowest BCUT2D eigenvalue weighted by molar-refractivity contribution is 0.103. The molecule has 0 saturated carbocycles. The highest BCUT2D eigenvalue weighted by molar-refractivity contribution is 9.10. The molecule has 0 aliphatic carbocycles. The van der Waals surface area contributed by atoms with Crippen molar-refractivity contribution in [2.45, 2.75) is 0 Å². The van der Waals surface area contributed by atoms with Crippen molar-refractivity contribution in [3.63, 3.8) is 0 Å². The topological polar surface area (TPSA) is 35.5 Å². The number of halogens is 1. The number of ether oxygens (including phenoxy) is 2. The molecule has 2 aromatic rings. The molecule has 0 N–H and O–H groups in total. The minimum Gasteiger partial charge on any atom is -0.490 e. The van der Waals surface area contributed by atoms with Gasteiger partial charge in [0.15, 0.2) is 5.78 Å². The molecule has 0 heterocycles. The molecule has 0 bridgehead atoms. The molecule has 0 saturated heterocycles. The minimum atomic E-state index is -0.0504. The van der Waals surface area contributed by atoms with Crippen molar-refractivity contribution >= 4 is 21.7 Å². The van der Waals surface area contributed by atoms with Crippen LogP contribution in [-0.4, -0.2) is 26.1 Å². The number of para-hydroxylation sites is 1. The lowest BCUT2D eigenvalue weighted by Crippen LogP contribution is -2.09. The minimum absolute atomic E-state index is 0.0504. The molecule has 0 aromatic heterocycles. The number of hydrogen-bond acceptors (Lipinski definition) is 3. The molecule has 3 nitrogen and oxygen atoms in total. The van der Waals surface area contributed by atoms with Gasteiger partial charge in [-0.15, -0.1) is 0 Å². The summed E-state index contributed by atoms with van der Waals surface area (Å²) in [5.41, 5.74) is 1.20. The quantitative estimate of drug-likeness (QED) is 0.596. The fraction of sp³-hybridized carbons (Fsp3) is 0.188. The van der Waals surface area contributed by atoms with Crippen LogP contribution >= 0.6 is 15.9 Å². The van der Waals surface area contributed by atoms with Crippen molar-refractivity contribution in [2.75, 3.05) is 20.3 Å². The smallest absolute Gasteiger partial charge is 0.196 e. The number of carbonyl (C=O) groups is 1. The Balaban J connectivity index is 2.23. The van der Waals surface area contributed by atoms with E-state index < -0.39 is 0 Å². The summed E-state index contributed by atoms with van der Waals surface area (Å²) in [6.07, 6.45) is 0. The summed E-state index contributed by atoms with van der Waals surface area (Å²) in [5, 5.41) is 0. The third-order valence-electron chi connectivity index (χ3n) is 2.78. The molecule has 0 unspecified atom stereocenters. The summed E-state index contributed by atoms with van der Waals surface area (Å²) in [7, 11) is 1.61. The summed E-state index contributed by atoms with van der Waals surface area (Å²) in [6, 6.07) is 14.5. The average molecular weight is 335 g/mol. The Morgan fingerprint density at radius 1 is 1.05 bits per heavy atom. The molecule has 0 spiro atoms. The number of methoxy groups -OCH3 is 1. The molecule has 0 aliphatic rings. The number of carbonyl (C=O) groups excluding carboxylic acids is 1. The van der Waals surface area contributed by atoms with Crippen LogP contribution in [0, 0.1) is 0 Å². The fourth-order valence-electron chi connectivity index (χ4n) is 1.77. The molecule has 2 aromatic carbocycles. The summed E-state index contributed by atoms with van der Waals surface area (Å²) < 4.78 is 11.5. The molecule has 20 heavy (non-hydrogen) atoms. The van der Waals surface area contributed by atoms with Gasteiger partial charge in [-0.05, 0) is 36.4 Å². The first-order valence-corrected chi connectivity index (χ1v) is 7.02. The third kappa shape index (κ3) is 3.68. The van der Waals surface area contributed by atoms with E-state index in [1.54, 1.807) is 31.4 Å². The highest BCUT2D eigenvalue weighted by Crippen LogP contribution is 2.22. The van der Waals surface area contributed by atoms with E-state index in [0.29, 0.717) is 30.1 Å². The molecule has 104 valence electrons. The molecule has 0 fully saturated rings. The summed E-state index contributed by atoms with van der Waals surface area (Å²) in [6.45, 7) is 0.905. The molecular weight excluding hydrogens is 320 g/mol. The Morgan fingerprint density at radius 2 is 1.75 bits per heavy atom. The SMILES string of the molecule is COCCOc1ccccc1C(=O)c1ccc(Br)cc1. The largest absolute Gasteiger partial charge is 0.490 e. The lowest BCUT2D eigenvalue weighted by Gasteiger charge is -2.10. The van der Waals surface area contributed by atoms with Gasteiger partial charge in [0.25, 0.3) is 0 Å². The van der Waals surface area contributed by atoms with Gasteiger partial charge in [-0.2, -0.15) is 0 Å². The van der Waals surface area contributed by atoms with Crippen LogP contribution in [0.4, 0.5) is 0 Å². The zero-order chi connectivity index (χ0) is 14.4. The monoisotopic (exact) mass is 334 g/mol. The van der Waals surface area contributed by atoms with Gasteiger partial charge in [-0.1, -0.05) is 28.1 Å². The number of benzene rings is 2. The van der Waals surface area contributed by atoms with E-state index in [1.165, 1.54) is 0 Å². The van der Waals surface area contributed by atoms with Gasteiger partial charge >= 0.3 is 0 Å². The first-order chi connectivity index (χ1) is 9.72. The Kier molecular flexibility index (Phi) is 5.32. The zero-order valence-corrected chi connectivity index (χ0v) is 12.7. The van der Waals surface area contributed by atoms with Crippen molar-refractivity contribution in [3.8, 4) is 5.75 Å². The number of rotatable bonds is 6. The predicted octanol–water partition coefficient (Wildman–Crippen LogP) is 3.71. The number of hydrogen-bond donors (Lipinski definition) is 0. The Labute approximate surface area is 126 Å². The van der Waals surface area contributed by atoms with Crippen molar-refractivity contribution < 1.29 is 14.3 Å². The fourth-order valence-corrected chi connectivity index (χ4v) is 2.04. The normalized spacial score (nSPS) is 10.3. The van der Waals surface area contributed by atoms with E-state index in [0.717, 1.165) is 4.47 Å². The van der Waals surface area contributed by atoms with Gasteiger partial charge in [0.2, 0.25) is 0 Å². The first-order valence-electron chi connectivity index (χ1n) is 6.23. The van der Waals surface area contributed by atoms with Crippen molar-refractivity contribution in [1.29, 1.82) is 0 Å². The highest BCUT2D eigenvalue weighted by Gasteiger charge is 2.14. The maximum atomic E-state index is 12.5. The molecule has 4 heteroatoms. The predicted molar refractivity (Wildman–Crippen MR) is 81.4 cm³/mol. The van der Waals surface area contributed by atoms with E-state index >= 15 is 0 Å². The van der Waals surface area contributed by atoms with E-state index in [-0.39, 0.29) is 5.78 Å². The molecule has 0 radical (unpaired) electrons. The van der Waals surface area contributed by atoms with Crippen LogP contribution in [0.15, 0.2) is 53.0 Å². The van der Waals surface area contributed by atoms with Gasteiger partial charge in [-0.25, -0.2) is 0 Å². The lowest BCUT2D eigenvalue weighted by atomic mass is 10.0. The first kappa shape index (κ1) is 14.8. The Morgan fingerprint density at radius 3 is 2.45 bits per heavy atom. The van der Waals surface area contributed by atoms with E-state index in [2.05, 4.69) is 15.9 Å². The van der Waals surface area contributed by atoms with Crippen LogP contribution in [0.2, 0.25) is 0 Å². The molecule has 0 atom stereocenters. The van der Waals surface area contributed by atoms with Gasteiger partial charge in [0.05, 0.1) is 12.2 Å². The molecule has 0 aliphatic heterocycles. The van der Waals surface area contributed by atoms with Gasteiger partial charge in [0.1, 0.15) is 12.4 Å². The number of ketones is 1. The van der Waals surface area contributed by atoms with E-state index in [1.807, 2.05) is 24.3 Å². The van der Waals surface area contributed by atoms with Crippen LogP contribution in [-0.2, 0) is 4.74 Å². The van der Waals surface area contributed by atoms with Crippen LogP contribution in [0.25, 0.3) is 0 Å². The second-order valence-electron chi connectivity index (χ2n) is 4.17. The van der Waals surface area contributed by atoms with Crippen LogP contribution < -0.4 is 4.74 Å². The van der Waals surface area contributed by atoms with Crippen LogP contribution in [0.1, 0.15) is 15.9 Å². The Bertz CT molecular complexity index is 579. The maximum Gasteiger partial charge on any atom is 0.196 e. The summed E-state index contributed by atoms with van der Waals surface area (Å²) in [4.78, 5) is 12.5. The molecule has 0 amide bonds. The van der Waals surface area contributed by atoms with Crippen molar-refractivity contribution in [3.05, 3.63) is 64.1 Å². The van der Waals surface area contributed by atoms with Crippen molar-refractivity contribution in [2.24, 2.45) is 0 Å². The zero-order valence-electron chi connectivity index (χ0n) is 11.1. The second kappa shape index (κ2) is 7.22. The second-order valence-corrected chi connectivity index (χ2v) is 5.09. The van der Waals surface area contributed by atoms with Crippen LogP contribution in [0.5, 0.6) is 5.75 Å². The Hall–Kier alpha value is -1.65. The standard InChI is InChI=1S/C16H15BrO3/c1-19-10-11-20-15-5-3-2-4-14(15)16(18)12-6-8-13(17)9-7-12/h2-9H,10-11H2,1H3. The summed E-state index contributed by atoms with van der Waals surface area (Å²) in [5.74, 6) is 0.531. The summed E-state index contributed by atoms with van der Waals surface area (Å²) >= 11 is 3.36. The van der Waals surface area contributed by atoms with E-state index in [4.69, 9.17) is 9.47 Å². The third-order valence-corrected chi connectivity index (χ3v) is 3.31. The van der Waals surface area contributed by atoms with Gasteiger partial charge < -0.3 is 9.47 Å². The van der Waals surface area contributed by atoms with E-state index in [9.17, 15) is 4.79 Å². The highest BCUT2D eigenvalue weighted by atomic mass is 79.9. The molecule has 2 rings (SSSR count). The van der Waals surface area contributed by atoms with Gasteiger partial charge in [-0.3, -0.25) is 4.79 Å².